The molecular formula is C30H44FeN2Si6. The number of nitrogens with zero attached hydrogens (tertiary/aromatic N) is 2. The molecule has 206 valence electrons. The Kier molecular flexibility index (Phi) is 10.1. The Bertz CT molecular complexity index is 1310. The predicted molar refractivity (Wildman–Crippen MR) is 182 cm³/mol. The van der Waals surface area contributed by atoms with Crippen LogP contribution in [0.25, 0.3) is 6.08 Å². The second-order valence-corrected chi connectivity index (χ2v) is 82.9. The van der Waals surface area contributed by atoms with E-state index >= 15 is 0 Å². The monoisotopic (exact) mass is 656 g/mol. The minimum atomic E-state index is -1.90. The van der Waals surface area contributed by atoms with Crippen molar-refractivity contribution in [2.75, 3.05) is 0 Å². The third-order valence-corrected chi connectivity index (χ3v) is 160. The van der Waals surface area contributed by atoms with Crippen LogP contribution in [0.15, 0.2) is 84.4 Å². The summed E-state index contributed by atoms with van der Waals surface area (Å²) < 4.78 is 0. The van der Waals surface area contributed by atoms with E-state index in [1.165, 1.54) is 0 Å². The van der Waals surface area contributed by atoms with Crippen LogP contribution in [-0.4, -0.2) is 42.7 Å². The molecule has 1 heterocycles. The topological polar surface area (TPSA) is 47.6 Å². The van der Waals surface area contributed by atoms with Gasteiger partial charge in [-0.25, -0.2) is 24.3 Å². The van der Waals surface area contributed by atoms with Crippen molar-refractivity contribution in [1.29, 1.82) is 10.5 Å². The smallest absolute Gasteiger partial charge is 0.214 e. The molecule has 3 aromatic rings. The quantitative estimate of drug-likeness (QED) is 0.176. The van der Waals surface area contributed by atoms with Crippen LogP contribution in [0, 0.1) is 22.7 Å². The Labute approximate surface area is 252 Å². The number of nitriles is 2. The van der Waals surface area contributed by atoms with Gasteiger partial charge >= 0.3 is 17.1 Å². The fourth-order valence-electron chi connectivity index (χ4n) is 7.81. The summed E-state index contributed by atoms with van der Waals surface area (Å²) in [5.74, 6) is 0. The van der Waals surface area contributed by atoms with E-state index in [1.54, 1.807) is 10.4 Å². The number of hydrogen-bond acceptors (Lipinski definition) is 2. The van der Waals surface area contributed by atoms with Crippen LogP contribution < -0.4 is 10.4 Å². The number of benzene rings is 1. The maximum Gasteiger partial charge on any atom is 2.00 e. The van der Waals surface area contributed by atoms with Gasteiger partial charge in [0, 0.05) is 35.5 Å². The average molecular weight is 657 g/mol. The molecule has 0 atom stereocenters. The van der Waals surface area contributed by atoms with Crippen molar-refractivity contribution in [1.82, 2.24) is 0 Å². The first-order valence-electron chi connectivity index (χ1n) is 13.6. The van der Waals surface area contributed by atoms with E-state index in [0.29, 0.717) is 0 Å². The zero-order chi connectivity index (χ0) is 28.6. The fraction of sp³-hybridized carbons (Fsp3) is 0.333. The van der Waals surface area contributed by atoms with E-state index in [1.807, 2.05) is 36.4 Å². The SMILES string of the molecule is C[Si]1(C)[Si](C)(C)[Si](C)([c-]2cccc2)[Si](C)(C)[Si](C)(C)[Si]1(C)c1ccccc1C=C(C#N)C#N.[Fe+2].c1cc[cH-]c1. The normalized spacial score (nSPS) is 25.4. The molecular weight excluding hydrogens is 613 g/mol. The van der Waals surface area contributed by atoms with Crippen molar-refractivity contribution >= 4 is 59.1 Å². The van der Waals surface area contributed by atoms with Gasteiger partial charge in [0.15, 0.2) is 0 Å². The third kappa shape index (κ3) is 4.75. The van der Waals surface area contributed by atoms with Gasteiger partial charge in [-0.2, -0.15) is 46.0 Å². The van der Waals surface area contributed by atoms with Gasteiger partial charge < -0.3 is 0 Å². The van der Waals surface area contributed by atoms with Crippen LogP contribution in [0.1, 0.15) is 5.56 Å². The summed E-state index contributed by atoms with van der Waals surface area (Å²) in [7, 11) is -10.2. The number of allylic oxidation sites excluding steroid dienone is 1. The maximum atomic E-state index is 9.51. The van der Waals surface area contributed by atoms with Crippen molar-refractivity contribution < 1.29 is 17.1 Å². The largest absolute Gasteiger partial charge is 2.00 e. The summed E-state index contributed by atoms with van der Waals surface area (Å²) in [6.07, 6.45) is 1.88. The summed E-state index contributed by atoms with van der Waals surface area (Å²) in [5, 5.41) is 22.3. The van der Waals surface area contributed by atoms with Crippen molar-refractivity contribution in [3.8, 4) is 12.1 Å². The number of hydrogen-bond donors (Lipinski definition) is 0. The fourth-order valence-corrected chi connectivity index (χ4v) is 249. The molecule has 9 heteroatoms. The molecule has 0 unspecified atom stereocenters. The van der Waals surface area contributed by atoms with Crippen molar-refractivity contribution in [2.45, 2.75) is 65.5 Å². The molecule has 0 bridgehead atoms. The van der Waals surface area contributed by atoms with Crippen molar-refractivity contribution in [2.24, 2.45) is 0 Å². The van der Waals surface area contributed by atoms with E-state index in [-0.39, 0.29) is 22.6 Å². The molecule has 1 aliphatic heterocycles. The Hall–Kier alpha value is -1.54. The van der Waals surface area contributed by atoms with Gasteiger partial charge in [-0.3, -0.25) is 0 Å². The minimum absolute atomic E-state index is 0. The van der Waals surface area contributed by atoms with Gasteiger partial charge in [-0.15, -0.1) is 0 Å². The standard InChI is InChI=1S/C25H39N2Si6.C5H5.Fe/c1-28(2)30(5,6)33(10,25-18-14-11-15-23(25)19-22(20-26)21-27)31(7,8)29(3,4)32(28,9)24-16-12-13-17-24;1-2-4-5-3-1;/h11-19H,1-10H3;1-5H;/q2*-1;+2. The van der Waals surface area contributed by atoms with Crippen LogP contribution in [-0.2, 0) is 17.1 Å². The molecule has 3 aromatic carbocycles. The van der Waals surface area contributed by atoms with Crippen LogP contribution in [0.3, 0.4) is 0 Å². The summed E-state index contributed by atoms with van der Waals surface area (Å²) in [4.78, 5) is 0. The second kappa shape index (κ2) is 11.8. The van der Waals surface area contributed by atoms with Crippen LogP contribution >= 0.6 is 0 Å². The van der Waals surface area contributed by atoms with Gasteiger partial charge in [0.05, 0.1) is 7.11 Å². The van der Waals surface area contributed by atoms with Crippen LogP contribution in [0.5, 0.6) is 0 Å². The number of rotatable bonds is 3. The predicted octanol–water partition coefficient (Wildman–Crippen LogP) is 6.83. The first-order chi connectivity index (χ1) is 17.6. The summed E-state index contributed by atoms with van der Waals surface area (Å²) in [6, 6.07) is 32.6. The summed E-state index contributed by atoms with van der Waals surface area (Å²) in [5.41, 5.74) is 1.37. The molecule has 1 aliphatic rings. The van der Waals surface area contributed by atoms with Crippen molar-refractivity contribution in [3.05, 3.63) is 90.0 Å². The van der Waals surface area contributed by atoms with Gasteiger partial charge in [0.25, 0.3) is 0 Å². The molecule has 0 N–H and O–H groups in total. The molecule has 0 aliphatic carbocycles. The molecule has 0 aromatic heterocycles. The molecule has 2 nitrogen and oxygen atoms in total. The molecule has 0 spiro atoms. The zero-order valence-electron chi connectivity index (χ0n) is 25.3. The molecule has 39 heavy (non-hydrogen) atoms. The van der Waals surface area contributed by atoms with Crippen LogP contribution in [0.4, 0.5) is 0 Å². The van der Waals surface area contributed by atoms with Gasteiger partial charge in [-0.05, 0) is 11.6 Å². The molecule has 0 radical (unpaired) electrons. The molecule has 1 saturated heterocycles. The Morgan fingerprint density at radius 2 is 1.15 bits per heavy atom. The second-order valence-electron chi connectivity index (χ2n) is 13.3. The minimum Gasteiger partial charge on any atom is -0.214 e. The van der Waals surface area contributed by atoms with E-state index < -0.39 is 42.7 Å². The van der Waals surface area contributed by atoms with E-state index in [0.717, 1.165) is 5.56 Å². The Morgan fingerprint density at radius 1 is 0.692 bits per heavy atom. The zero-order valence-corrected chi connectivity index (χ0v) is 32.4. The Morgan fingerprint density at radius 3 is 1.56 bits per heavy atom. The average Bonchev–Trinajstić information content (AvgIpc) is 3.62. The Balaban J connectivity index is 0.000000797. The van der Waals surface area contributed by atoms with Gasteiger partial charge in [0.1, 0.15) is 17.7 Å². The van der Waals surface area contributed by atoms with Gasteiger partial charge in [-0.1, -0.05) is 94.9 Å². The first-order valence-corrected chi connectivity index (χ1v) is 36.6. The maximum absolute atomic E-state index is 9.51. The van der Waals surface area contributed by atoms with E-state index in [9.17, 15) is 10.5 Å². The van der Waals surface area contributed by atoms with E-state index in [2.05, 4.69) is 126 Å². The van der Waals surface area contributed by atoms with Crippen molar-refractivity contribution in [3.63, 3.8) is 0 Å². The molecule has 1 fully saturated rings. The summed E-state index contributed by atoms with van der Waals surface area (Å²) in [6.45, 7) is 27.8. The third-order valence-electron chi connectivity index (χ3n) is 12.0. The summed E-state index contributed by atoms with van der Waals surface area (Å²) >= 11 is 0. The first kappa shape index (κ1) is 33.7. The molecule has 4 rings (SSSR count). The molecule has 0 saturated carbocycles. The van der Waals surface area contributed by atoms with Crippen LogP contribution in [0.2, 0.25) is 65.5 Å². The molecule has 0 amide bonds. The van der Waals surface area contributed by atoms with Gasteiger partial charge in [0.2, 0.25) is 0 Å². The van der Waals surface area contributed by atoms with E-state index in [4.69, 9.17) is 0 Å².